The maximum atomic E-state index is 12.5. The van der Waals surface area contributed by atoms with Crippen LogP contribution in [-0.2, 0) is 0 Å². The van der Waals surface area contributed by atoms with Crippen molar-refractivity contribution < 1.29 is 4.79 Å². The Bertz CT molecular complexity index is 1040. The summed E-state index contributed by atoms with van der Waals surface area (Å²) >= 11 is 0. The Morgan fingerprint density at radius 2 is 1.81 bits per heavy atom. The van der Waals surface area contributed by atoms with Crippen LogP contribution in [0.1, 0.15) is 29.0 Å². The number of amides is 1. The molecule has 1 amide bonds. The molecule has 0 bridgehead atoms. The molecule has 4 aromatic rings. The summed E-state index contributed by atoms with van der Waals surface area (Å²) in [6, 6.07) is 17.9. The number of imidazole rings is 1. The zero-order valence-electron chi connectivity index (χ0n) is 14.2. The SMILES string of the molecule is C[C@H](c1ccccc1)n1c(NC(=O)c2cnccn2)nc2ccccc21. The molecule has 0 unspecified atom stereocenters. The number of rotatable bonds is 4. The van der Waals surface area contributed by atoms with Crippen LogP contribution >= 0.6 is 0 Å². The molecule has 2 aromatic carbocycles. The van der Waals surface area contributed by atoms with Crippen molar-refractivity contribution in [2.45, 2.75) is 13.0 Å². The van der Waals surface area contributed by atoms with E-state index in [9.17, 15) is 4.79 Å². The minimum Gasteiger partial charge on any atom is -0.303 e. The van der Waals surface area contributed by atoms with Gasteiger partial charge in [0.25, 0.3) is 5.91 Å². The van der Waals surface area contributed by atoms with Gasteiger partial charge in [0, 0.05) is 12.4 Å². The van der Waals surface area contributed by atoms with E-state index in [1.165, 1.54) is 18.6 Å². The number of nitrogens with one attached hydrogen (secondary N) is 1. The fourth-order valence-corrected chi connectivity index (χ4v) is 2.99. The summed E-state index contributed by atoms with van der Waals surface area (Å²) in [6.45, 7) is 2.08. The molecule has 2 heterocycles. The summed E-state index contributed by atoms with van der Waals surface area (Å²) in [7, 11) is 0. The first-order valence-electron chi connectivity index (χ1n) is 8.33. The molecule has 4 rings (SSSR count). The predicted molar refractivity (Wildman–Crippen MR) is 100.0 cm³/mol. The van der Waals surface area contributed by atoms with E-state index >= 15 is 0 Å². The largest absolute Gasteiger partial charge is 0.303 e. The number of nitrogens with zero attached hydrogens (tertiary/aromatic N) is 4. The minimum absolute atomic E-state index is 0.000701. The fourth-order valence-electron chi connectivity index (χ4n) is 2.99. The molecular weight excluding hydrogens is 326 g/mol. The first-order chi connectivity index (χ1) is 12.7. The molecule has 1 atom stereocenters. The van der Waals surface area contributed by atoms with Gasteiger partial charge < -0.3 is 4.57 Å². The molecule has 0 aliphatic rings. The molecule has 0 spiro atoms. The lowest BCUT2D eigenvalue weighted by molar-refractivity contribution is 0.102. The normalized spacial score (nSPS) is 12.0. The third-order valence-electron chi connectivity index (χ3n) is 4.29. The van der Waals surface area contributed by atoms with Crippen LogP contribution in [0.3, 0.4) is 0 Å². The van der Waals surface area contributed by atoms with Crippen molar-refractivity contribution in [3.8, 4) is 0 Å². The maximum Gasteiger partial charge on any atom is 0.278 e. The standard InChI is InChI=1S/C20H17N5O/c1-14(15-7-3-2-4-8-15)25-18-10-6-5-9-16(18)23-20(25)24-19(26)17-13-21-11-12-22-17/h2-14H,1H3,(H,23,24,26)/t14-/m1/s1. The molecular formula is C20H17N5O. The number of carbonyl (C=O) groups is 1. The highest BCUT2D eigenvalue weighted by Crippen LogP contribution is 2.28. The number of aromatic nitrogens is 4. The Balaban J connectivity index is 1.78. The first-order valence-corrected chi connectivity index (χ1v) is 8.33. The molecule has 1 N–H and O–H groups in total. The minimum atomic E-state index is -0.338. The molecule has 0 fully saturated rings. The van der Waals surface area contributed by atoms with E-state index in [1.807, 2.05) is 47.0 Å². The lowest BCUT2D eigenvalue weighted by Gasteiger charge is -2.18. The molecule has 0 aliphatic heterocycles. The van der Waals surface area contributed by atoms with Gasteiger partial charge in [-0.25, -0.2) is 9.97 Å². The van der Waals surface area contributed by atoms with Crippen molar-refractivity contribution in [3.05, 3.63) is 84.4 Å². The van der Waals surface area contributed by atoms with E-state index < -0.39 is 0 Å². The van der Waals surface area contributed by atoms with Crippen molar-refractivity contribution in [2.75, 3.05) is 5.32 Å². The Kier molecular flexibility index (Phi) is 4.15. The summed E-state index contributed by atoms with van der Waals surface area (Å²) in [5.41, 5.74) is 3.16. The molecule has 0 radical (unpaired) electrons. The number of fused-ring (bicyclic) bond motifs is 1. The van der Waals surface area contributed by atoms with E-state index in [-0.39, 0.29) is 17.6 Å². The van der Waals surface area contributed by atoms with Crippen LogP contribution in [-0.4, -0.2) is 25.4 Å². The van der Waals surface area contributed by atoms with Gasteiger partial charge in [0.15, 0.2) is 0 Å². The topological polar surface area (TPSA) is 72.7 Å². The molecule has 0 saturated carbocycles. The second-order valence-corrected chi connectivity index (χ2v) is 5.93. The average Bonchev–Trinajstić information content (AvgIpc) is 3.06. The van der Waals surface area contributed by atoms with Crippen LogP contribution in [0.5, 0.6) is 0 Å². The van der Waals surface area contributed by atoms with Gasteiger partial charge in [-0.1, -0.05) is 42.5 Å². The predicted octanol–water partition coefficient (Wildman–Crippen LogP) is 3.69. The summed E-state index contributed by atoms with van der Waals surface area (Å²) in [5, 5.41) is 2.88. The van der Waals surface area contributed by atoms with Gasteiger partial charge in [-0.05, 0) is 24.6 Å². The number of hydrogen-bond acceptors (Lipinski definition) is 4. The molecule has 0 aliphatic carbocycles. The van der Waals surface area contributed by atoms with Crippen molar-refractivity contribution in [1.82, 2.24) is 19.5 Å². The van der Waals surface area contributed by atoms with Gasteiger partial charge in [0.2, 0.25) is 5.95 Å². The maximum absolute atomic E-state index is 12.5. The first kappa shape index (κ1) is 16.0. The van der Waals surface area contributed by atoms with Crippen LogP contribution in [0.25, 0.3) is 11.0 Å². The Labute approximate surface area is 150 Å². The molecule has 26 heavy (non-hydrogen) atoms. The zero-order chi connectivity index (χ0) is 17.9. The molecule has 0 saturated heterocycles. The number of hydrogen-bond donors (Lipinski definition) is 1. The monoisotopic (exact) mass is 343 g/mol. The number of benzene rings is 2. The number of anilines is 1. The van der Waals surface area contributed by atoms with E-state index in [4.69, 9.17) is 0 Å². The lowest BCUT2D eigenvalue weighted by Crippen LogP contribution is -2.19. The van der Waals surface area contributed by atoms with Crippen LogP contribution in [0.4, 0.5) is 5.95 Å². The van der Waals surface area contributed by atoms with E-state index in [0.717, 1.165) is 16.6 Å². The van der Waals surface area contributed by atoms with Crippen molar-refractivity contribution >= 4 is 22.9 Å². The fraction of sp³-hybridized carbons (Fsp3) is 0.100. The van der Waals surface area contributed by atoms with Crippen molar-refractivity contribution in [3.63, 3.8) is 0 Å². The molecule has 6 nitrogen and oxygen atoms in total. The molecule has 128 valence electrons. The average molecular weight is 343 g/mol. The highest BCUT2D eigenvalue weighted by Gasteiger charge is 2.19. The number of carbonyl (C=O) groups excluding carboxylic acids is 1. The van der Waals surface area contributed by atoms with E-state index in [2.05, 4.69) is 39.3 Å². The third kappa shape index (κ3) is 2.93. The Morgan fingerprint density at radius 1 is 1.04 bits per heavy atom. The molecule has 6 heteroatoms. The van der Waals surface area contributed by atoms with Crippen molar-refractivity contribution in [1.29, 1.82) is 0 Å². The van der Waals surface area contributed by atoms with Gasteiger partial charge >= 0.3 is 0 Å². The van der Waals surface area contributed by atoms with Crippen LogP contribution in [0, 0.1) is 0 Å². The van der Waals surface area contributed by atoms with Crippen LogP contribution in [0.2, 0.25) is 0 Å². The summed E-state index contributed by atoms with van der Waals surface area (Å²) in [6.07, 6.45) is 4.46. The summed E-state index contributed by atoms with van der Waals surface area (Å²) < 4.78 is 2.03. The highest BCUT2D eigenvalue weighted by molar-refractivity contribution is 6.02. The van der Waals surface area contributed by atoms with Crippen LogP contribution in [0.15, 0.2) is 73.2 Å². The van der Waals surface area contributed by atoms with Gasteiger partial charge in [0.1, 0.15) is 5.69 Å². The molecule has 2 aromatic heterocycles. The Morgan fingerprint density at radius 3 is 2.58 bits per heavy atom. The number of para-hydroxylation sites is 2. The summed E-state index contributed by atoms with van der Waals surface area (Å²) in [4.78, 5) is 25.1. The van der Waals surface area contributed by atoms with Gasteiger partial charge in [0.05, 0.1) is 23.3 Å². The van der Waals surface area contributed by atoms with Crippen molar-refractivity contribution in [2.24, 2.45) is 0 Å². The second-order valence-electron chi connectivity index (χ2n) is 5.93. The van der Waals surface area contributed by atoms with Gasteiger partial charge in [-0.3, -0.25) is 15.1 Å². The lowest BCUT2D eigenvalue weighted by atomic mass is 10.1. The third-order valence-corrected chi connectivity index (χ3v) is 4.29. The quantitative estimate of drug-likeness (QED) is 0.613. The second kappa shape index (κ2) is 6.76. The highest BCUT2D eigenvalue weighted by atomic mass is 16.2. The van der Waals surface area contributed by atoms with Gasteiger partial charge in [-0.15, -0.1) is 0 Å². The van der Waals surface area contributed by atoms with E-state index in [0.29, 0.717) is 5.95 Å². The smallest absolute Gasteiger partial charge is 0.278 e. The van der Waals surface area contributed by atoms with Gasteiger partial charge in [-0.2, -0.15) is 0 Å². The summed E-state index contributed by atoms with van der Waals surface area (Å²) in [5.74, 6) is 0.146. The van der Waals surface area contributed by atoms with E-state index in [1.54, 1.807) is 0 Å². The van der Waals surface area contributed by atoms with Crippen LogP contribution < -0.4 is 5.32 Å². The zero-order valence-corrected chi connectivity index (χ0v) is 14.2. The Hall–Kier alpha value is -3.54.